The van der Waals surface area contributed by atoms with E-state index in [1.807, 2.05) is 0 Å². The molecule has 0 radical (unpaired) electrons. The summed E-state index contributed by atoms with van der Waals surface area (Å²) in [6.07, 6.45) is -3.31. The van der Waals surface area contributed by atoms with Gasteiger partial charge >= 0.3 is 6.18 Å². The fourth-order valence-electron chi connectivity index (χ4n) is 2.07. The molecule has 21 heavy (non-hydrogen) atoms. The molecular formula is C12H15F3N2O3S. The van der Waals surface area contributed by atoms with Crippen LogP contribution in [-0.4, -0.2) is 43.5 Å². The summed E-state index contributed by atoms with van der Waals surface area (Å²) in [6.45, 7) is 2.63. The SMILES string of the molecule is C[C@@H]1CCOCCN1S(=O)(=O)c1ccc(C(F)(F)F)nc1. The fourth-order valence-corrected chi connectivity index (χ4v) is 3.66. The Labute approximate surface area is 120 Å². The molecule has 1 atom stereocenters. The van der Waals surface area contributed by atoms with Crippen molar-refractivity contribution in [2.24, 2.45) is 0 Å². The Morgan fingerprint density at radius 3 is 2.62 bits per heavy atom. The second-order valence-corrected chi connectivity index (χ2v) is 6.63. The summed E-state index contributed by atoms with van der Waals surface area (Å²) in [5, 5.41) is 0. The van der Waals surface area contributed by atoms with Crippen LogP contribution >= 0.6 is 0 Å². The third kappa shape index (κ3) is 3.53. The molecule has 118 valence electrons. The number of halogens is 3. The first-order valence-electron chi connectivity index (χ1n) is 6.36. The molecule has 0 aliphatic carbocycles. The number of aromatic nitrogens is 1. The fraction of sp³-hybridized carbons (Fsp3) is 0.583. The van der Waals surface area contributed by atoms with Crippen LogP contribution in [0.5, 0.6) is 0 Å². The first-order valence-corrected chi connectivity index (χ1v) is 7.80. The Kier molecular flexibility index (Phi) is 4.54. The maximum atomic E-state index is 12.5. The number of nitrogens with zero attached hydrogens (tertiary/aromatic N) is 2. The minimum Gasteiger partial charge on any atom is -0.380 e. The van der Waals surface area contributed by atoms with Crippen LogP contribution in [0.3, 0.4) is 0 Å². The van der Waals surface area contributed by atoms with Crippen LogP contribution in [0.4, 0.5) is 13.2 Å². The monoisotopic (exact) mass is 324 g/mol. The first kappa shape index (κ1) is 16.2. The molecule has 9 heteroatoms. The molecular weight excluding hydrogens is 309 g/mol. The zero-order chi connectivity index (χ0) is 15.7. The molecule has 1 aromatic heterocycles. The van der Waals surface area contributed by atoms with Gasteiger partial charge in [-0.1, -0.05) is 0 Å². The van der Waals surface area contributed by atoms with Crippen LogP contribution in [0.1, 0.15) is 19.0 Å². The quantitative estimate of drug-likeness (QED) is 0.834. The maximum Gasteiger partial charge on any atom is 0.433 e. The van der Waals surface area contributed by atoms with Gasteiger partial charge in [0.1, 0.15) is 10.6 Å². The summed E-state index contributed by atoms with van der Waals surface area (Å²) >= 11 is 0. The molecule has 5 nitrogen and oxygen atoms in total. The summed E-state index contributed by atoms with van der Waals surface area (Å²) < 4.78 is 68.7. The molecule has 1 aliphatic heterocycles. The number of hydrogen-bond donors (Lipinski definition) is 0. The molecule has 1 saturated heterocycles. The topological polar surface area (TPSA) is 59.5 Å². The third-order valence-corrected chi connectivity index (χ3v) is 5.26. The van der Waals surface area contributed by atoms with E-state index in [1.165, 1.54) is 4.31 Å². The third-order valence-electron chi connectivity index (χ3n) is 3.26. The van der Waals surface area contributed by atoms with E-state index in [-0.39, 0.29) is 24.1 Å². The minimum atomic E-state index is -4.59. The van der Waals surface area contributed by atoms with E-state index in [2.05, 4.69) is 4.98 Å². The molecule has 0 spiro atoms. The predicted octanol–water partition coefficient (Wildman–Crippen LogP) is 1.90. The van der Waals surface area contributed by atoms with Crippen LogP contribution in [0.15, 0.2) is 23.2 Å². The van der Waals surface area contributed by atoms with Gasteiger partial charge in [0, 0.05) is 25.4 Å². The lowest BCUT2D eigenvalue weighted by molar-refractivity contribution is -0.141. The summed E-state index contributed by atoms with van der Waals surface area (Å²) in [7, 11) is -3.87. The zero-order valence-electron chi connectivity index (χ0n) is 11.3. The van der Waals surface area contributed by atoms with Crippen molar-refractivity contribution in [1.29, 1.82) is 0 Å². The molecule has 0 aromatic carbocycles. The smallest absolute Gasteiger partial charge is 0.380 e. The molecule has 0 bridgehead atoms. The lowest BCUT2D eigenvalue weighted by atomic mass is 10.2. The van der Waals surface area contributed by atoms with Gasteiger partial charge < -0.3 is 4.74 Å². The number of hydrogen-bond acceptors (Lipinski definition) is 4. The van der Waals surface area contributed by atoms with Crippen LogP contribution in [0.25, 0.3) is 0 Å². The van der Waals surface area contributed by atoms with Gasteiger partial charge in [-0.05, 0) is 25.5 Å². The largest absolute Gasteiger partial charge is 0.433 e. The van der Waals surface area contributed by atoms with Gasteiger partial charge in [-0.3, -0.25) is 4.98 Å². The lowest BCUT2D eigenvalue weighted by Crippen LogP contribution is -2.39. The van der Waals surface area contributed by atoms with Crippen LogP contribution in [-0.2, 0) is 20.9 Å². The molecule has 1 fully saturated rings. The van der Waals surface area contributed by atoms with Crippen molar-refractivity contribution in [3.63, 3.8) is 0 Å². The molecule has 0 unspecified atom stereocenters. The second kappa shape index (κ2) is 5.90. The Morgan fingerprint density at radius 2 is 2.05 bits per heavy atom. The average molecular weight is 324 g/mol. The van der Waals surface area contributed by atoms with Gasteiger partial charge in [0.05, 0.1) is 6.61 Å². The summed E-state index contributed by atoms with van der Waals surface area (Å²) in [5.41, 5.74) is -1.12. The highest BCUT2D eigenvalue weighted by Crippen LogP contribution is 2.28. The number of alkyl halides is 3. The van der Waals surface area contributed by atoms with Crippen molar-refractivity contribution in [3.05, 3.63) is 24.0 Å². The van der Waals surface area contributed by atoms with Crippen molar-refractivity contribution >= 4 is 10.0 Å². The normalized spacial score (nSPS) is 22.0. The first-order chi connectivity index (χ1) is 9.73. The number of ether oxygens (including phenoxy) is 1. The van der Waals surface area contributed by atoms with Crippen molar-refractivity contribution < 1.29 is 26.3 Å². The van der Waals surface area contributed by atoms with Gasteiger partial charge in [0.25, 0.3) is 0 Å². The highest BCUT2D eigenvalue weighted by atomic mass is 32.2. The van der Waals surface area contributed by atoms with Gasteiger partial charge in [0.15, 0.2) is 0 Å². The number of rotatable bonds is 2. The zero-order valence-corrected chi connectivity index (χ0v) is 12.1. The summed E-state index contributed by atoms with van der Waals surface area (Å²) in [5.74, 6) is 0. The van der Waals surface area contributed by atoms with E-state index < -0.39 is 21.9 Å². The molecule has 0 amide bonds. The highest BCUT2D eigenvalue weighted by molar-refractivity contribution is 7.89. The average Bonchev–Trinajstić information content (AvgIpc) is 2.63. The van der Waals surface area contributed by atoms with E-state index in [0.29, 0.717) is 19.1 Å². The highest BCUT2D eigenvalue weighted by Gasteiger charge is 2.34. The van der Waals surface area contributed by atoms with E-state index >= 15 is 0 Å². The standard InChI is InChI=1S/C12H15F3N2O3S/c1-9-4-6-20-7-5-17(9)21(18,19)10-2-3-11(16-8-10)12(13,14)15/h2-3,8-9H,4-7H2,1H3/t9-/m1/s1. The molecule has 0 N–H and O–H groups in total. The van der Waals surface area contributed by atoms with E-state index in [4.69, 9.17) is 4.74 Å². The number of sulfonamides is 1. The van der Waals surface area contributed by atoms with Crippen LogP contribution in [0, 0.1) is 0 Å². The van der Waals surface area contributed by atoms with E-state index in [1.54, 1.807) is 6.92 Å². The lowest BCUT2D eigenvalue weighted by Gasteiger charge is -2.25. The van der Waals surface area contributed by atoms with Gasteiger partial charge in [-0.25, -0.2) is 8.42 Å². The van der Waals surface area contributed by atoms with Gasteiger partial charge in [-0.2, -0.15) is 17.5 Å². The summed E-state index contributed by atoms with van der Waals surface area (Å²) in [6, 6.07) is 1.33. The predicted molar refractivity (Wildman–Crippen MR) is 68.0 cm³/mol. The maximum absolute atomic E-state index is 12.5. The van der Waals surface area contributed by atoms with Crippen molar-refractivity contribution in [1.82, 2.24) is 9.29 Å². The molecule has 0 saturated carbocycles. The molecule has 2 heterocycles. The van der Waals surface area contributed by atoms with Gasteiger partial charge in [0.2, 0.25) is 10.0 Å². The Morgan fingerprint density at radius 1 is 1.33 bits per heavy atom. The Balaban J connectivity index is 2.30. The van der Waals surface area contributed by atoms with Gasteiger partial charge in [-0.15, -0.1) is 0 Å². The Hall–Kier alpha value is -1.19. The molecule has 1 aliphatic rings. The molecule has 2 rings (SSSR count). The Bertz CT molecular complexity index is 587. The van der Waals surface area contributed by atoms with Crippen LogP contribution < -0.4 is 0 Å². The molecule has 1 aromatic rings. The number of pyridine rings is 1. The van der Waals surface area contributed by atoms with Crippen molar-refractivity contribution in [2.45, 2.75) is 30.5 Å². The van der Waals surface area contributed by atoms with Crippen LogP contribution in [0.2, 0.25) is 0 Å². The van der Waals surface area contributed by atoms with Crippen molar-refractivity contribution in [2.75, 3.05) is 19.8 Å². The van der Waals surface area contributed by atoms with Crippen molar-refractivity contribution in [3.8, 4) is 0 Å². The second-order valence-electron chi connectivity index (χ2n) is 4.74. The summed E-state index contributed by atoms with van der Waals surface area (Å²) in [4.78, 5) is 2.95. The van der Waals surface area contributed by atoms with E-state index in [0.717, 1.165) is 12.3 Å². The van der Waals surface area contributed by atoms with E-state index in [9.17, 15) is 21.6 Å². The minimum absolute atomic E-state index is 0.171.